The van der Waals surface area contributed by atoms with Gasteiger partial charge in [0.15, 0.2) is 0 Å². The number of benzene rings is 2. The maximum atomic E-state index is 13.5. The average Bonchev–Trinajstić information content (AvgIpc) is 3.65. The Hall–Kier alpha value is -4.69. The number of carbonyl (C=O) groups excluding carboxylic acids is 2. The van der Waals surface area contributed by atoms with E-state index in [-0.39, 0.29) is 17.2 Å². The van der Waals surface area contributed by atoms with Crippen molar-refractivity contribution in [3.8, 4) is 16.9 Å². The summed E-state index contributed by atoms with van der Waals surface area (Å²) in [4.78, 5) is 40.2. The topological polar surface area (TPSA) is 125 Å². The molecule has 2 aromatic heterocycles. The van der Waals surface area contributed by atoms with Crippen LogP contribution in [0.25, 0.3) is 22.0 Å². The minimum atomic E-state index is -4.84. The molecule has 14 heteroatoms. The Balaban J connectivity index is 0.964. The van der Waals surface area contributed by atoms with Crippen molar-refractivity contribution in [2.45, 2.75) is 69.8 Å². The lowest BCUT2D eigenvalue weighted by Crippen LogP contribution is -2.37. The zero-order valence-corrected chi connectivity index (χ0v) is 30.3. The second kappa shape index (κ2) is 17.0. The number of pyridine rings is 1. The van der Waals surface area contributed by atoms with Crippen molar-refractivity contribution in [1.82, 2.24) is 29.9 Å². The fourth-order valence-corrected chi connectivity index (χ4v) is 7.63. The first-order chi connectivity index (χ1) is 25.5. The lowest BCUT2D eigenvalue weighted by molar-refractivity contribution is -0.275. The number of amides is 1. The molecule has 1 amide bonds. The van der Waals surface area contributed by atoms with Crippen molar-refractivity contribution in [2.75, 3.05) is 45.1 Å². The Morgan fingerprint density at radius 1 is 1.06 bits per heavy atom. The van der Waals surface area contributed by atoms with Gasteiger partial charge >= 0.3 is 6.36 Å². The number of fused-ring (bicyclic) bond motifs is 1. The molecule has 2 aromatic carbocycles. The number of aromatic nitrogens is 3. The van der Waals surface area contributed by atoms with Gasteiger partial charge in [-0.3, -0.25) is 19.6 Å². The van der Waals surface area contributed by atoms with Gasteiger partial charge in [0.05, 0.1) is 12.2 Å². The van der Waals surface area contributed by atoms with E-state index in [4.69, 9.17) is 0 Å². The smallest absolute Gasteiger partial charge is 0.405 e. The number of carbonyl (C=O) groups is 2. The van der Waals surface area contributed by atoms with Gasteiger partial charge in [0.25, 0.3) is 5.56 Å². The average molecular weight is 736 g/mol. The highest BCUT2D eigenvalue weighted by Crippen LogP contribution is 2.35. The number of ether oxygens (including phenoxy) is 1. The van der Waals surface area contributed by atoms with Crippen LogP contribution in [0.4, 0.5) is 18.9 Å². The summed E-state index contributed by atoms with van der Waals surface area (Å²) in [5.41, 5.74) is 3.75. The summed E-state index contributed by atoms with van der Waals surface area (Å²) in [5.74, 6) is 0.746. The highest BCUT2D eigenvalue weighted by Gasteiger charge is 2.33. The molecule has 284 valence electrons. The zero-order valence-electron chi connectivity index (χ0n) is 30.3. The third kappa shape index (κ3) is 9.85. The van der Waals surface area contributed by atoms with Crippen LogP contribution in [0.3, 0.4) is 0 Å². The molecule has 4 aromatic rings. The maximum absolute atomic E-state index is 13.5. The van der Waals surface area contributed by atoms with E-state index in [1.165, 1.54) is 22.4 Å². The minimum Gasteiger partial charge on any atom is -0.405 e. The standard InChI is InChI=1S/C39H48F3N7O4/c1-43-36(51)10-9-32(25-50)45-31-7-5-27(6-8-31)28-14-19-48(20-15-28)16-11-26-12-17-49(18-13-26)23-30-4-3-29(21-35(30)53-39(40,41)42)34-24-47(2)38(52)37-33(34)22-44-46-37/h3-8,21-22,24-26,28,32,45H,9-20,23H2,1-2H3,(H,43,51)(H,44,46). The summed E-state index contributed by atoms with van der Waals surface area (Å²) < 4.78 is 46.6. The van der Waals surface area contributed by atoms with Gasteiger partial charge in [-0.2, -0.15) is 5.10 Å². The largest absolute Gasteiger partial charge is 0.573 e. The third-order valence-electron chi connectivity index (χ3n) is 10.8. The summed E-state index contributed by atoms with van der Waals surface area (Å²) in [6.07, 6.45) is 5.12. The zero-order chi connectivity index (χ0) is 37.5. The Morgan fingerprint density at radius 3 is 2.45 bits per heavy atom. The van der Waals surface area contributed by atoms with Gasteiger partial charge in [-0.25, -0.2) is 0 Å². The van der Waals surface area contributed by atoms with E-state index < -0.39 is 12.4 Å². The molecule has 2 aliphatic rings. The van der Waals surface area contributed by atoms with Gasteiger partial charge in [-0.1, -0.05) is 24.3 Å². The number of aldehydes is 1. The molecular formula is C39H48F3N7O4. The van der Waals surface area contributed by atoms with Gasteiger partial charge in [0.2, 0.25) is 5.91 Å². The number of alkyl halides is 3. The third-order valence-corrected chi connectivity index (χ3v) is 10.8. The Kier molecular flexibility index (Phi) is 12.2. The quantitative estimate of drug-likeness (QED) is 0.139. The molecule has 11 nitrogen and oxygen atoms in total. The first kappa shape index (κ1) is 38.0. The SMILES string of the molecule is CNC(=O)CCC(C=O)Nc1ccc(C2CCN(CCC3CCN(Cc4ccc(-c5cn(C)c(=O)c6[nH]ncc56)cc4OC(F)(F)F)CC3)CC2)cc1. The fourth-order valence-electron chi connectivity index (χ4n) is 7.63. The molecule has 1 unspecified atom stereocenters. The number of H-pyrrole nitrogens is 1. The number of hydrogen-bond acceptors (Lipinski definition) is 8. The van der Waals surface area contributed by atoms with Crippen LogP contribution in [0, 0.1) is 5.92 Å². The molecule has 3 N–H and O–H groups in total. The molecule has 2 saturated heterocycles. The maximum Gasteiger partial charge on any atom is 0.573 e. The van der Waals surface area contributed by atoms with E-state index in [0.29, 0.717) is 58.8 Å². The normalized spacial score (nSPS) is 17.2. The molecule has 2 fully saturated rings. The Labute approximate surface area is 306 Å². The highest BCUT2D eigenvalue weighted by molar-refractivity contribution is 5.93. The van der Waals surface area contributed by atoms with Crippen LogP contribution in [0.1, 0.15) is 62.0 Å². The Morgan fingerprint density at radius 2 is 1.77 bits per heavy atom. The second-order valence-corrected chi connectivity index (χ2v) is 14.3. The van der Waals surface area contributed by atoms with Gasteiger partial charge in [0.1, 0.15) is 17.6 Å². The van der Waals surface area contributed by atoms with E-state index in [0.717, 1.165) is 76.8 Å². The number of likely N-dealkylation sites (tertiary alicyclic amines) is 2. The molecule has 1 atom stereocenters. The van der Waals surface area contributed by atoms with Crippen molar-refractivity contribution in [1.29, 1.82) is 0 Å². The van der Waals surface area contributed by atoms with Crippen molar-refractivity contribution in [3.63, 3.8) is 0 Å². The lowest BCUT2D eigenvalue weighted by atomic mass is 9.88. The van der Waals surface area contributed by atoms with Crippen LogP contribution >= 0.6 is 0 Å². The number of nitrogens with zero attached hydrogens (tertiary/aromatic N) is 4. The van der Waals surface area contributed by atoms with Crippen molar-refractivity contribution in [3.05, 3.63) is 76.3 Å². The first-order valence-electron chi connectivity index (χ1n) is 18.4. The van der Waals surface area contributed by atoms with Crippen LogP contribution < -0.4 is 20.9 Å². The molecule has 2 aliphatic heterocycles. The Bertz CT molecular complexity index is 1910. The molecule has 0 aliphatic carbocycles. The molecule has 0 radical (unpaired) electrons. The highest BCUT2D eigenvalue weighted by atomic mass is 19.4. The molecular weight excluding hydrogens is 687 g/mol. The van der Waals surface area contributed by atoms with Gasteiger partial charge in [-0.15, -0.1) is 13.2 Å². The van der Waals surface area contributed by atoms with E-state index in [1.807, 2.05) is 12.1 Å². The van der Waals surface area contributed by atoms with Crippen LogP contribution in [0.15, 0.2) is 59.7 Å². The number of rotatable bonds is 14. The number of piperidine rings is 2. The van der Waals surface area contributed by atoms with Gasteiger partial charge in [-0.05, 0) is 112 Å². The predicted molar refractivity (Wildman–Crippen MR) is 198 cm³/mol. The van der Waals surface area contributed by atoms with Crippen LogP contribution in [-0.2, 0) is 23.2 Å². The molecule has 6 rings (SSSR count). The predicted octanol–water partition coefficient (Wildman–Crippen LogP) is 5.81. The monoisotopic (exact) mass is 735 g/mol. The van der Waals surface area contributed by atoms with Crippen molar-refractivity contribution < 1.29 is 27.5 Å². The first-order valence-corrected chi connectivity index (χ1v) is 18.4. The summed E-state index contributed by atoms with van der Waals surface area (Å²) in [6.45, 7) is 5.10. The molecule has 0 bridgehead atoms. The molecule has 4 heterocycles. The number of aryl methyl sites for hydroxylation is 1. The molecule has 53 heavy (non-hydrogen) atoms. The van der Waals surface area contributed by atoms with E-state index in [2.05, 4.69) is 47.5 Å². The van der Waals surface area contributed by atoms with E-state index in [9.17, 15) is 27.6 Å². The number of nitrogens with one attached hydrogen (secondary N) is 3. The van der Waals surface area contributed by atoms with Crippen LogP contribution in [0.2, 0.25) is 0 Å². The number of anilines is 1. The van der Waals surface area contributed by atoms with Crippen LogP contribution in [0.5, 0.6) is 5.75 Å². The fraction of sp³-hybridized carbons (Fsp3) is 0.487. The van der Waals surface area contributed by atoms with Crippen molar-refractivity contribution >= 4 is 28.8 Å². The number of aromatic amines is 1. The second-order valence-electron chi connectivity index (χ2n) is 14.3. The number of halogens is 3. The summed E-state index contributed by atoms with van der Waals surface area (Å²) in [7, 11) is 3.18. The lowest BCUT2D eigenvalue weighted by Gasteiger charge is -2.35. The van der Waals surface area contributed by atoms with E-state index >= 15 is 0 Å². The molecule has 0 spiro atoms. The van der Waals surface area contributed by atoms with Gasteiger partial charge in [0, 0.05) is 55.5 Å². The molecule has 0 saturated carbocycles. The summed E-state index contributed by atoms with van der Waals surface area (Å²) in [5, 5.41) is 13.0. The van der Waals surface area contributed by atoms with Crippen molar-refractivity contribution in [2.24, 2.45) is 13.0 Å². The van der Waals surface area contributed by atoms with E-state index in [1.54, 1.807) is 32.4 Å². The summed E-state index contributed by atoms with van der Waals surface area (Å²) in [6, 6.07) is 12.8. The van der Waals surface area contributed by atoms with Gasteiger partial charge < -0.3 is 29.6 Å². The minimum absolute atomic E-state index is 0.0849. The van der Waals surface area contributed by atoms with Crippen LogP contribution in [-0.4, -0.2) is 88.9 Å². The summed E-state index contributed by atoms with van der Waals surface area (Å²) >= 11 is 0. The number of hydrogen-bond donors (Lipinski definition) is 3.